The lowest BCUT2D eigenvalue weighted by Gasteiger charge is -2.18. The van der Waals surface area contributed by atoms with Gasteiger partial charge in [-0.15, -0.1) is 0 Å². The SMILES string of the molecule is CC(C)(C)c1ccc(C=C2SC(=O)N(CCNC(=O)C[n+]3cccc(O)c3)C2=O)cc1. The molecule has 0 bridgehead atoms. The van der Waals surface area contributed by atoms with Crippen molar-refractivity contribution in [2.45, 2.75) is 32.7 Å². The van der Waals surface area contributed by atoms with Crippen LogP contribution in [0.2, 0.25) is 0 Å². The highest BCUT2D eigenvalue weighted by molar-refractivity contribution is 8.18. The largest absolute Gasteiger partial charge is 0.503 e. The lowest BCUT2D eigenvalue weighted by molar-refractivity contribution is -0.684. The zero-order valence-corrected chi connectivity index (χ0v) is 18.6. The van der Waals surface area contributed by atoms with Gasteiger partial charge in [0.15, 0.2) is 11.9 Å². The van der Waals surface area contributed by atoms with Crippen molar-refractivity contribution in [1.29, 1.82) is 0 Å². The first kappa shape index (κ1) is 22.6. The van der Waals surface area contributed by atoms with E-state index in [1.807, 2.05) is 24.3 Å². The first-order valence-electron chi connectivity index (χ1n) is 9.94. The van der Waals surface area contributed by atoms with E-state index in [1.165, 1.54) is 17.8 Å². The fourth-order valence-electron chi connectivity index (χ4n) is 3.06. The lowest BCUT2D eigenvalue weighted by atomic mass is 9.87. The summed E-state index contributed by atoms with van der Waals surface area (Å²) in [6, 6.07) is 11.1. The number of carbonyl (C=O) groups excluding carboxylic acids is 3. The van der Waals surface area contributed by atoms with Crippen LogP contribution in [-0.2, 0) is 21.5 Å². The molecule has 1 aromatic heterocycles. The maximum atomic E-state index is 12.6. The van der Waals surface area contributed by atoms with Gasteiger partial charge in [-0.25, -0.2) is 0 Å². The van der Waals surface area contributed by atoms with Gasteiger partial charge in [0.25, 0.3) is 17.1 Å². The molecule has 31 heavy (non-hydrogen) atoms. The summed E-state index contributed by atoms with van der Waals surface area (Å²) in [6.45, 7) is 6.68. The minimum atomic E-state index is -0.355. The number of thioether (sulfide) groups is 1. The van der Waals surface area contributed by atoms with Crippen molar-refractivity contribution in [2.24, 2.45) is 0 Å². The van der Waals surface area contributed by atoms with Crippen LogP contribution in [0.15, 0.2) is 53.7 Å². The van der Waals surface area contributed by atoms with Gasteiger partial charge in [-0.2, -0.15) is 4.57 Å². The Bertz CT molecular complexity index is 1030. The number of amides is 3. The number of nitrogens with zero attached hydrogens (tertiary/aromatic N) is 2. The molecule has 1 aromatic carbocycles. The summed E-state index contributed by atoms with van der Waals surface area (Å²) in [5.74, 6) is -0.573. The maximum Gasteiger partial charge on any atom is 0.293 e. The van der Waals surface area contributed by atoms with Crippen LogP contribution in [-0.4, -0.2) is 40.1 Å². The molecular formula is C23H26N3O4S+. The third-order valence-electron chi connectivity index (χ3n) is 4.77. The van der Waals surface area contributed by atoms with Crippen molar-refractivity contribution >= 4 is 34.9 Å². The van der Waals surface area contributed by atoms with Gasteiger partial charge in [0.1, 0.15) is 0 Å². The van der Waals surface area contributed by atoms with Crippen molar-refractivity contribution in [1.82, 2.24) is 10.2 Å². The molecule has 1 fully saturated rings. The highest BCUT2D eigenvalue weighted by atomic mass is 32.2. The average molecular weight is 441 g/mol. The predicted molar refractivity (Wildman–Crippen MR) is 119 cm³/mol. The molecule has 7 nitrogen and oxygen atoms in total. The number of nitrogens with one attached hydrogen (secondary N) is 1. The molecule has 3 amide bonds. The quantitative estimate of drug-likeness (QED) is 0.533. The zero-order chi connectivity index (χ0) is 22.6. The number of hydrogen-bond acceptors (Lipinski definition) is 5. The van der Waals surface area contributed by atoms with Gasteiger partial charge in [-0.3, -0.25) is 19.3 Å². The van der Waals surface area contributed by atoms with E-state index in [0.29, 0.717) is 4.91 Å². The second-order valence-electron chi connectivity index (χ2n) is 8.29. The number of aromatic hydroxyl groups is 1. The molecule has 0 unspecified atom stereocenters. The van der Waals surface area contributed by atoms with Crippen LogP contribution in [0.4, 0.5) is 4.79 Å². The Morgan fingerprint density at radius 2 is 1.90 bits per heavy atom. The Balaban J connectivity index is 1.55. The van der Waals surface area contributed by atoms with Crippen LogP contribution >= 0.6 is 11.8 Å². The Morgan fingerprint density at radius 1 is 1.19 bits per heavy atom. The van der Waals surface area contributed by atoms with E-state index >= 15 is 0 Å². The number of pyridine rings is 1. The van der Waals surface area contributed by atoms with Gasteiger partial charge in [0, 0.05) is 19.2 Å². The average Bonchev–Trinajstić information content (AvgIpc) is 2.95. The van der Waals surface area contributed by atoms with Gasteiger partial charge >= 0.3 is 0 Å². The van der Waals surface area contributed by atoms with Crippen molar-refractivity contribution in [2.75, 3.05) is 13.1 Å². The molecule has 2 N–H and O–H groups in total. The minimum Gasteiger partial charge on any atom is -0.503 e. The number of hydrogen-bond donors (Lipinski definition) is 2. The molecule has 3 rings (SSSR count). The Kier molecular flexibility index (Phi) is 6.80. The van der Waals surface area contributed by atoms with E-state index in [9.17, 15) is 19.5 Å². The summed E-state index contributed by atoms with van der Waals surface area (Å²) in [4.78, 5) is 38.4. The van der Waals surface area contributed by atoms with E-state index in [0.717, 1.165) is 22.2 Å². The third-order valence-corrected chi connectivity index (χ3v) is 5.68. The first-order valence-corrected chi connectivity index (χ1v) is 10.8. The highest BCUT2D eigenvalue weighted by Gasteiger charge is 2.34. The Morgan fingerprint density at radius 3 is 2.55 bits per heavy atom. The van der Waals surface area contributed by atoms with E-state index in [1.54, 1.807) is 22.9 Å². The molecule has 1 aliphatic heterocycles. The van der Waals surface area contributed by atoms with Crippen molar-refractivity contribution < 1.29 is 24.1 Å². The predicted octanol–water partition coefficient (Wildman–Crippen LogP) is 2.83. The van der Waals surface area contributed by atoms with E-state index in [-0.39, 0.29) is 47.9 Å². The Hall–Kier alpha value is -3.13. The molecule has 8 heteroatoms. The van der Waals surface area contributed by atoms with E-state index in [4.69, 9.17) is 0 Å². The van der Waals surface area contributed by atoms with Crippen LogP contribution < -0.4 is 9.88 Å². The molecule has 0 atom stereocenters. The molecule has 2 aromatic rings. The highest BCUT2D eigenvalue weighted by Crippen LogP contribution is 2.32. The number of aromatic nitrogens is 1. The minimum absolute atomic E-state index is 0.0285. The summed E-state index contributed by atoms with van der Waals surface area (Å²) >= 11 is 0.903. The first-order chi connectivity index (χ1) is 14.6. The van der Waals surface area contributed by atoms with Crippen LogP contribution in [0.5, 0.6) is 5.75 Å². The molecule has 0 radical (unpaired) electrons. The fraction of sp³-hybridized carbons (Fsp3) is 0.304. The molecule has 0 spiro atoms. The molecular weight excluding hydrogens is 414 g/mol. The van der Waals surface area contributed by atoms with E-state index in [2.05, 4.69) is 26.1 Å². The standard InChI is InChI=1S/C23H25N3O4S/c1-23(2,3)17-8-6-16(7-9-17)13-19-21(29)26(22(30)31-19)12-10-24-20(28)15-25-11-4-5-18(27)14-25/h4-9,11,13-14H,10,12,15H2,1-3H3,(H-,24,27,28)/p+1. The lowest BCUT2D eigenvalue weighted by Crippen LogP contribution is -2.44. The monoisotopic (exact) mass is 440 g/mol. The summed E-state index contributed by atoms with van der Waals surface area (Å²) in [7, 11) is 0. The molecule has 1 saturated heterocycles. The normalized spacial score (nSPS) is 15.6. The smallest absolute Gasteiger partial charge is 0.293 e. The summed E-state index contributed by atoms with van der Waals surface area (Å²) in [5, 5.41) is 11.8. The van der Waals surface area contributed by atoms with Gasteiger partial charge in [-0.1, -0.05) is 45.0 Å². The molecule has 2 heterocycles. The number of rotatable bonds is 6. The topological polar surface area (TPSA) is 90.6 Å². The van der Waals surface area contributed by atoms with Crippen molar-refractivity contribution in [3.8, 4) is 5.75 Å². The van der Waals surface area contributed by atoms with Crippen molar-refractivity contribution in [3.63, 3.8) is 0 Å². The van der Waals surface area contributed by atoms with Gasteiger partial charge in [0.2, 0.25) is 12.7 Å². The number of benzene rings is 1. The van der Waals surface area contributed by atoms with Crippen molar-refractivity contribution in [3.05, 3.63) is 64.8 Å². The molecule has 0 aliphatic carbocycles. The fourth-order valence-corrected chi connectivity index (χ4v) is 3.92. The van der Waals surface area contributed by atoms with Crippen LogP contribution in [0.1, 0.15) is 31.9 Å². The summed E-state index contributed by atoms with van der Waals surface area (Å²) < 4.78 is 1.54. The number of imide groups is 1. The van der Waals surface area contributed by atoms with Crippen LogP contribution in [0.3, 0.4) is 0 Å². The van der Waals surface area contributed by atoms with Gasteiger partial charge in [-0.05, 0) is 40.4 Å². The molecule has 162 valence electrons. The zero-order valence-electron chi connectivity index (χ0n) is 17.8. The van der Waals surface area contributed by atoms with Gasteiger partial charge in [0.05, 0.1) is 4.91 Å². The van der Waals surface area contributed by atoms with Crippen LogP contribution in [0, 0.1) is 0 Å². The van der Waals surface area contributed by atoms with Crippen LogP contribution in [0.25, 0.3) is 6.08 Å². The van der Waals surface area contributed by atoms with Gasteiger partial charge < -0.3 is 10.4 Å². The number of carbonyl (C=O) groups is 3. The molecule has 1 aliphatic rings. The second kappa shape index (κ2) is 9.34. The van der Waals surface area contributed by atoms with E-state index < -0.39 is 0 Å². The summed E-state index contributed by atoms with van der Waals surface area (Å²) in [6.07, 6.45) is 4.82. The Labute approximate surface area is 185 Å². The maximum absolute atomic E-state index is 12.6. The third kappa shape index (κ3) is 5.95. The second-order valence-corrected chi connectivity index (χ2v) is 9.28. The summed E-state index contributed by atoms with van der Waals surface area (Å²) in [5.41, 5.74) is 2.09. The molecule has 0 saturated carbocycles.